The molecule has 54 heavy (non-hydrogen) atoms. The summed E-state index contributed by atoms with van der Waals surface area (Å²) < 4.78 is 14.6. The highest BCUT2D eigenvalue weighted by molar-refractivity contribution is 6.67. The molecular weight excluding hydrogens is 753 g/mol. The average Bonchev–Trinajstić information content (AvgIpc) is 3.15. The Kier molecular flexibility index (Phi) is 21.1. The molecule has 2 aromatic carbocycles. The monoisotopic (exact) mass is 805 g/mol. The highest BCUT2D eigenvalue weighted by Crippen LogP contribution is 2.26. The molecule has 0 radical (unpaired) electrons. The second-order valence-electron chi connectivity index (χ2n) is 13.4. The molecule has 10 nitrogen and oxygen atoms in total. The molecule has 0 saturated heterocycles. The fourth-order valence-electron chi connectivity index (χ4n) is 5.85. The number of carbonyl (C=O) groups is 4. The van der Waals surface area contributed by atoms with Crippen LogP contribution >= 0.6 is 34.8 Å². The molecule has 0 spiro atoms. The molecule has 3 rings (SSSR count). The van der Waals surface area contributed by atoms with Crippen molar-refractivity contribution in [2.75, 3.05) is 11.9 Å². The number of urea groups is 1. The lowest BCUT2D eigenvalue weighted by atomic mass is 10.0. The van der Waals surface area contributed by atoms with Gasteiger partial charge in [-0.1, -0.05) is 154 Å². The van der Waals surface area contributed by atoms with Crippen molar-refractivity contribution in [3.8, 4) is 0 Å². The topological polar surface area (TPSA) is 133 Å². The molecule has 2 amide bonds. The van der Waals surface area contributed by atoms with Gasteiger partial charge in [0.15, 0.2) is 0 Å². The maximum Gasteiger partial charge on any atom is 0.328 e. The second-order valence-corrected chi connectivity index (χ2v) is 16.0. The van der Waals surface area contributed by atoms with Crippen molar-refractivity contribution in [1.82, 2.24) is 10.3 Å². The number of halogens is 3. The number of pyridine rings is 1. The van der Waals surface area contributed by atoms with E-state index in [-0.39, 0.29) is 38.1 Å². The van der Waals surface area contributed by atoms with Gasteiger partial charge in [-0.25, -0.2) is 14.6 Å². The summed E-state index contributed by atoms with van der Waals surface area (Å²) in [5.41, 5.74) is 1.54. The summed E-state index contributed by atoms with van der Waals surface area (Å²) in [5, 5.41) is 6.25. The van der Waals surface area contributed by atoms with Crippen LogP contribution in [0.15, 0.2) is 66.7 Å². The van der Waals surface area contributed by atoms with Crippen LogP contribution in [0.2, 0.25) is 0 Å². The summed E-state index contributed by atoms with van der Waals surface area (Å²) in [4.78, 5) is 56.6. The highest BCUT2D eigenvalue weighted by Gasteiger charge is 2.29. The maximum absolute atomic E-state index is 13.7. The molecule has 0 aliphatic rings. The van der Waals surface area contributed by atoms with Crippen LogP contribution in [0.25, 0.3) is 10.9 Å². The minimum absolute atomic E-state index is 0.0116. The van der Waals surface area contributed by atoms with Gasteiger partial charge in [-0.05, 0) is 49.4 Å². The van der Waals surface area contributed by atoms with E-state index in [4.69, 9.17) is 49.0 Å². The van der Waals surface area contributed by atoms with E-state index in [2.05, 4.69) is 22.5 Å². The lowest BCUT2D eigenvalue weighted by Gasteiger charge is -2.23. The van der Waals surface area contributed by atoms with E-state index < -0.39 is 46.5 Å². The quantitative estimate of drug-likeness (QED) is 0.0374. The normalized spacial score (nSPS) is 12.4. The van der Waals surface area contributed by atoms with Gasteiger partial charge in [0.2, 0.25) is 3.79 Å². The number of nitrogens with one attached hydrogen (secondary N) is 2. The van der Waals surface area contributed by atoms with E-state index in [9.17, 15) is 19.2 Å². The zero-order valence-corrected chi connectivity index (χ0v) is 33.4. The highest BCUT2D eigenvalue weighted by atomic mass is 35.6. The lowest BCUT2D eigenvalue weighted by Crippen LogP contribution is -2.45. The van der Waals surface area contributed by atoms with Crippen LogP contribution in [0.1, 0.15) is 115 Å². The van der Waals surface area contributed by atoms with Crippen LogP contribution in [0.3, 0.4) is 0 Å². The van der Waals surface area contributed by atoms with Crippen LogP contribution in [-0.4, -0.2) is 51.5 Å². The summed E-state index contributed by atoms with van der Waals surface area (Å²) in [6, 6.07) is 18.4. The molecular formula is C41H54Cl3N3O7. The Bertz CT molecular complexity index is 1570. The summed E-state index contributed by atoms with van der Waals surface area (Å²) in [7, 11) is 0. The first-order valence-electron chi connectivity index (χ1n) is 19.1. The number of hydrogen-bond donors (Lipinski definition) is 2. The number of rotatable bonds is 25. The van der Waals surface area contributed by atoms with Gasteiger partial charge in [0, 0.05) is 11.8 Å². The number of carbonyl (C=O) groups excluding carboxylic acids is 4. The van der Waals surface area contributed by atoms with Crippen LogP contribution in [-0.2, 0) is 35.2 Å². The Hall–Kier alpha value is -3.60. The Balaban J connectivity index is 1.61. The average molecular weight is 807 g/mol. The van der Waals surface area contributed by atoms with Gasteiger partial charge in [0.25, 0.3) is 0 Å². The Morgan fingerprint density at radius 3 is 2.06 bits per heavy atom. The Morgan fingerprint density at radius 2 is 1.37 bits per heavy atom. The number of amides is 2. The third-order valence-corrected chi connectivity index (χ3v) is 9.08. The van der Waals surface area contributed by atoms with Crippen LogP contribution < -0.4 is 10.6 Å². The van der Waals surface area contributed by atoms with E-state index in [1.165, 1.54) is 44.9 Å². The number of nitrogens with zero attached hydrogens (tertiary/aromatic N) is 1. The van der Waals surface area contributed by atoms with E-state index in [1.54, 1.807) is 6.07 Å². The number of aromatic nitrogens is 1. The minimum atomic E-state index is -1.79. The minimum Gasteiger partial charge on any atom is -0.461 e. The number of benzene rings is 2. The molecule has 0 aliphatic carbocycles. The van der Waals surface area contributed by atoms with Crippen molar-refractivity contribution in [3.05, 3.63) is 72.3 Å². The van der Waals surface area contributed by atoms with Crippen LogP contribution in [0.5, 0.6) is 0 Å². The standard InChI is InChI=1S/C41H54Cl3N3O7/c1-2-3-4-5-6-7-8-9-10-11-15-22-33(28-38(49)53-30-41(42,43)44)54-39(50)35(24-18-25-37(48)52-29-31-19-13-12-14-20-31)46-40(51)47-36-27-26-32-21-16-17-23-34(32)45-36/h12-14,16-17,19-21,23,26-27,33,35H,2-11,15,18,22,24-25,28-30H2,1H3,(H2,45,46,47,51)/t33?,35-/m0/s1. The lowest BCUT2D eigenvalue weighted by molar-refractivity contribution is -0.157. The zero-order chi connectivity index (χ0) is 39.0. The van der Waals surface area contributed by atoms with E-state index in [0.29, 0.717) is 18.4 Å². The van der Waals surface area contributed by atoms with E-state index in [0.717, 1.165) is 30.2 Å². The smallest absolute Gasteiger partial charge is 0.328 e. The van der Waals surface area contributed by atoms with E-state index in [1.807, 2.05) is 60.7 Å². The Labute approximate surface area is 334 Å². The zero-order valence-electron chi connectivity index (χ0n) is 31.2. The Morgan fingerprint density at radius 1 is 0.722 bits per heavy atom. The van der Waals surface area contributed by atoms with Crippen molar-refractivity contribution in [1.29, 1.82) is 0 Å². The van der Waals surface area contributed by atoms with Crippen molar-refractivity contribution >= 4 is 75.5 Å². The first-order valence-corrected chi connectivity index (χ1v) is 20.2. The van der Waals surface area contributed by atoms with E-state index >= 15 is 0 Å². The van der Waals surface area contributed by atoms with Gasteiger partial charge >= 0.3 is 23.9 Å². The first-order chi connectivity index (χ1) is 26.0. The number of hydrogen-bond acceptors (Lipinski definition) is 8. The summed E-state index contributed by atoms with van der Waals surface area (Å²) in [6.45, 7) is 1.89. The fourth-order valence-corrected chi connectivity index (χ4v) is 6.01. The molecule has 2 atom stereocenters. The molecule has 1 aromatic heterocycles. The van der Waals surface area contributed by atoms with Gasteiger partial charge in [-0.2, -0.15) is 0 Å². The second kappa shape index (κ2) is 25.5. The van der Waals surface area contributed by atoms with Crippen molar-refractivity contribution in [2.24, 2.45) is 0 Å². The molecule has 0 bridgehead atoms. The number of esters is 3. The summed E-state index contributed by atoms with van der Waals surface area (Å²) in [6.07, 6.45) is 12.1. The molecule has 0 fully saturated rings. The molecule has 2 N–H and O–H groups in total. The molecule has 13 heteroatoms. The molecule has 3 aromatic rings. The third kappa shape index (κ3) is 19.6. The van der Waals surface area contributed by atoms with Crippen molar-refractivity contribution in [3.63, 3.8) is 0 Å². The van der Waals surface area contributed by atoms with Gasteiger partial charge in [-0.15, -0.1) is 0 Å². The largest absolute Gasteiger partial charge is 0.461 e. The number of para-hydroxylation sites is 1. The number of anilines is 1. The number of alkyl halides is 3. The summed E-state index contributed by atoms with van der Waals surface area (Å²) >= 11 is 17.3. The predicted octanol–water partition coefficient (Wildman–Crippen LogP) is 10.6. The maximum atomic E-state index is 13.7. The summed E-state index contributed by atoms with van der Waals surface area (Å²) in [5.74, 6) is -1.60. The van der Waals surface area contributed by atoms with Crippen LogP contribution in [0.4, 0.5) is 10.6 Å². The predicted molar refractivity (Wildman–Crippen MR) is 215 cm³/mol. The first kappa shape index (κ1) is 44.8. The fraction of sp³-hybridized carbons (Fsp3) is 0.537. The molecule has 296 valence electrons. The molecule has 0 aliphatic heterocycles. The molecule has 1 heterocycles. The van der Waals surface area contributed by atoms with Crippen molar-refractivity contribution in [2.45, 2.75) is 132 Å². The number of unbranched alkanes of at least 4 members (excludes halogenated alkanes) is 10. The third-order valence-electron chi connectivity index (χ3n) is 8.75. The number of fused-ring (bicyclic) bond motifs is 1. The molecule has 1 unspecified atom stereocenters. The molecule has 0 saturated carbocycles. The van der Waals surface area contributed by atoms with Gasteiger partial charge in [0.05, 0.1) is 11.9 Å². The van der Waals surface area contributed by atoms with Crippen molar-refractivity contribution < 1.29 is 33.4 Å². The van der Waals surface area contributed by atoms with Gasteiger partial charge in [-0.3, -0.25) is 14.9 Å². The number of ether oxygens (including phenoxy) is 3. The van der Waals surface area contributed by atoms with Crippen LogP contribution in [0, 0.1) is 0 Å². The SMILES string of the molecule is CCCCCCCCCCCCCC(CC(=O)OCC(Cl)(Cl)Cl)OC(=O)[C@H](CCCC(=O)OCc1ccccc1)NC(=O)Nc1ccc2ccccc2n1. The van der Waals surface area contributed by atoms with Gasteiger partial charge in [0.1, 0.15) is 31.2 Å². The van der Waals surface area contributed by atoms with Gasteiger partial charge < -0.3 is 19.5 Å².